The number of aromatic nitrogens is 4. The molecule has 33 heavy (non-hydrogen) atoms. The minimum Gasteiger partial charge on any atom is -0.351 e. The SMILES string of the molecule is N[C@H]1CC[C@H](Nc2ncc(/C=C/c3ccc(NS(=O)(=O)c4ccccc4Cl)nn3)cn2)CC1. The standard InChI is InChI=1S/C22H24ClN7O2S/c23-19-3-1-2-4-20(19)33(31,32)30-21-12-11-18(28-29-21)8-5-15-13-25-22(26-14-15)27-17-9-6-16(24)7-10-17/h1-5,8,11-14,16-17H,6-7,9-10,24H2,(H,29,30)(H,25,26,27)/b8-5+/t16-,17-. The van der Waals surface area contributed by atoms with Crippen LogP contribution in [0.1, 0.15) is 36.9 Å². The predicted octanol–water partition coefficient (Wildman–Crippen LogP) is 3.57. The number of anilines is 2. The number of nitrogens with zero attached hydrogens (tertiary/aromatic N) is 4. The lowest BCUT2D eigenvalue weighted by Crippen LogP contribution is -2.33. The second-order valence-electron chi connectivity index (χ2n) is 7.81. The molecule has 1 aliphatic carbocycles. The zero-order valence-corrected chi connectivity index (χ0v) is 19.3. The van der Waals surface area contributed by atoms with E-state index in [4.69, 9.17) is 17.3 Å². The molecular weight excluding hydrogens is 462 g/mol. The molecule has 172 valence electrons. The van der Waals surface area contributed by atoms with Crippen LogP contribution in [-0.4, -0.2) is 40.7 Å². The summed E-state index contributed by atoms with van der Waals surface area (Å²) in [5.74, 6) is 0.692. The Hall–Kier alpha value is -3.08. The van der Waals surface area contributed by atoms with Gasteiger partial charge >= 0.3 is 0 Å². The number of hydrogen-bond acceptors (Lipinski definition) is 8. The van der Waals surface area contributed by atoms with Crippen molar-refractivity contribution in [2.45, 2.75) is 42.7 Å². The zero-order valence-electron chi connectivity index (χ0n) is 17.7. The first-order valence-electron chi connectivity index (χ1n) is 10.5. The quantitative estimate of drug-likeness (QED) is 0.462. The summed E-state index contributed by atoms with van der Waals surface area (Å²) >= 11 is 5.98. The van der Waals surface area contributed by atoms with Gasteiger partial charge in [-0.1, -0.05) is 23.7 Å². The summed E-state index contributed by atoms with van der Waals surface area (Å²) in [6, 6.07) is 10.0. The lowest BCUT2D eigenvalue weighted by Gasteiger charge is -2.26. The number of hydrogen-bond donors (Lipinski definition) is 3. The Morgan fingerprint density at radius 2 is 1.70 bits per heavy atom. The molecule has 2 aromatic heterocycles. The van der Waals surface area contributed by atoms with E-state index in [9.17, 15) is 8.42 Å². The molecule has 0 spiro atoms. The third kappa shape index (κ3) is 6.25. The van der Waals surface area contributed by atoms with Crippen molar-refractivity contribution in [1.29, 1.82) is 0 Å². The van der Waals surface area contributed by atoms with Crippen molar-refractivity contribution < 1.29 is 8.42 Å². The van der Waals surface area contributed by atoms with Crippen molar-refractivity contribution in [3.05, 3.63) is 65.1 Å². The number of sulfonamides is 1. The molecule has 3 aromatic rings. The number of rotatable bonds is 7. The van der Waals surface area contributed by atoms with Gasteiger partial charge in [-0.05, 0) is 62.1 Å². The molecule has 11 heteroatoms. The minimum absolute atomic E-state index is 0.0255. The van der Waals surface area contributed by atoms with Crippen LogP contribution in [0.4, 0.5) is 11.8 Å². The first kappa shape index (κ1) is 23.1. The fourth-order valence-electron chi connectivity index (χ4n) is 3.47. The maximum atomic E-state index is 12.5. The first-order valence-corrected chi connectivity index (χ1v) is 12.4. The Balaban J connectivity index is 1.35. The number of nitrogens with two attached hydrogens (primary N) is 1. The summed E-state index contributed by atoms with van der Waals surface area (Å²) in [5.41, 5.74) is 7.30. The average Bonchev–Trinajstić information content (AvgIpc) is 2.81. The van der Waals surface area contributed by atoms with Gasteiger partial charge in [-0.25, -0.2) is 18.4 Å². The van der Waals surface area contributed by atoms with Gasteiger partial charge in [0.2, 0.25) is 5.95 Å². The van der Waals surface area contributed by atoms with E-state index in [1.807, 2.05) is 0 Å². The molecule has 0 saturated heterocycles. The third-order valence-corrected chi connectivity index (χ3v) is 7.13. The van der Waals surface area contributed by atoms with E-state index < -0.39 is 10.0 Å². The summed E-state index contributed by atoms with van der Waals surface area (Å²) < 4.78 is 27.3. The van der Waals surface area contributed by atoms with Crippen LogP contribution in [0.3, 0.4) is 0 Å². The first-order chi connectivity index (χ1) is 15.9. The van der Waals surface area contributed by atoms with Crippen molar-refractivity contribution in [2.75, 3.05) is 10.0 Å². The highest BCUT2D eigenvalue weighted by Crippen LogP contribution is 2.23. The second-order valence-corrected chi connectivity index (χ2v) is 9.87. The van der Waals surface area contributed by atoms with E-state index in [0.29, 0.717) is 23.7 Å². The molecule has 1 fully saturated rings. The van der Waals surface area contributed by atoms with Crippen molar-refractivity contribution >= 4 is 45.5 Å². The van der Waals surface area contributed by atoms with E-state index in [-0.39, 0.29) is 15.7 Å². The highest BCUT2D eigenvalue weighted by molar-refractivity contribution is 7.92. The van der Waals surface area contributed by atoms with Crippen LogP contribution in [0.25, 0.3) is 12.2 Å². The molecule has 0 aliphatic heterocycles. The van der Waals surface area contributed by atoms with Gasteiger partial charge in [0.25, 0.3) is 10.0 Å². The Labute approximate surface area is 197 Å². The molecule has 1 aliphatic rings. The van der Waals surface area contributed by atoms with Crippen LogP contribution in [-0.2, 0) is 10.0 Å². The van der Waals surface area contributed by atoms with E-state index in [1.54, 1.807) is 42.7 Å². The van der Waals surface area contributed by atoms with Crippen LogP contribution in [0.2, 0.25) is 5.02 Å². The van der Waals surface area contributed by atoms with Gasteiger partial charge in [-0.3, -0.25) is 4.72 Å². The van der Waals surface area contributed by atoms with E-state index in [2.05, 4.69) is 30.2 Å². The smallest absolute Gasteiger partial charge is 0.264 e. The molecule has 0 bridgehead atoms. The van der Waals surface area contributed by atoms with Gasteiger partial charge in [0.1, 0.15) is 4.90 Å². The molecule has 0 radical (unpaired) electrons. The minimum atomic E-state index is -3.86. The molecule has 1 aromatic carbocycles. The largest absolute Gasteiger partial charge is 0.351 e. The maximum Gasteiger partial charge on any atom is 0.264 e. The predicted molar refractivity (Wildman–Crippen MR) is 129 cm³/mol. The summed E-state index contributed by atoms with van der Waals surface area (Å²) in [6.07, 6.45) is 11.1. The number of benzene rings is 1. The Morgan fingerprint density at radius 3 is 2.36 bits per heavy atom. The van der Waals surface area contributed by atoms with E-state index in [0.717, 1.165) is 31.2 Å². The summed E-state index contributed by atoms with van der Waals surface area (Å²) in [4.78, 5) is 8.71. The van der Waals surface area contributed by atoms with Gasteiger partial charge in [0.05, 0.1) is 10.7 Å². The van der Waals surface area contributed by atoms with E-state index >= 15 is 0 Å². The van der Waals surface area contributed by atoms with Crippen LogP contribution in [0, 0.1) is 0 Å². The fourth-order valence-corrected chi connectivity index (χ4v) is 4.98. The van der Waals surface area contributed by atoms with Crippen molar-refractivity contribution in [3.8, 4) is 0 Å². The lowest BCUT2D eigenvalue weighted by molar-refractivity contribution is 0.410. The fraction of sp³-hybridized carbons (Fsp3) is 0.273. The third-order valence-electron chi connectivity index (χ3n) is 5.27. The van der Waals surface area contributed by atoms with Gasteiger partial charge in [0.15, 0.2) is 5.82 Å². The molecule has 4 N–H and O–H groups in total. The summed E-state index contributed by atoms with van der Waals surface area (Å²) in [7, 11) is -3.86. The van der Waals surface area contributed by atoms with Crippen molar-refractivity contribution in [3.63, 3.8) is 0 Å². The van der Waals surface area contributed by atoms with Gasteiger partial charge < -0.3 is 11.1 Å². The number of halogens is 1. The van der Waals surface area contributed by atoms with Crippen molar-refractivity contribution in [2.24, 2.45) is 5.73 Å². The van der Waals surface area contributed by atoms with Crippen LogP contribution in [0.5, 0.6) is 0 Å². The van der Waals surface area contributed by atoms with Crippen LogP contribution in [0.15, 0.2) is 53.7 Å². The van der Waals surface area contributed by atoms with Gasteiger partial charge in [-0.15, -0.1) is 10.2 Å². The lowest BCUT2D eigenvalue weighted by atomic mass is 9.92. The molecule has 0 amide bonds. The van der Waals surface area contributed by atoms with Crippen LogP contribution < -0.4 is 15.8 Å². The molecule has 0 unspecified atom stereocenters. The van der Waals surface area contributed by atoms with Crippen LogP contribution >= 0.6 is 11.6 Å². The Kier molecular flexibility index (Phi) is 7.17. The van der Waals surface area contributed by atoms with Crippen molar-refractivity contribution in [1.82, 2.24) is 20.2 Å². The highest BCUT2D eigenvalue weighted by atomic mass is 35.5. The molecular formula is C22H24ClN7O2S. The maximum absolute atomic E-state index is 12.5. The monoisotopic (exact) mass is 485 g/mol. The molecule has 1 saturated carbocycles. The highest BCUT2D eigenvalue weighted by Gasteiger charge is 2.19. The van der Waals surface area contributed by atoms with E-state index in [1.165, 1.54) is 18.2 Å². The molecule has 0 atom stereocenters. The summed E-state index contributed by atoms with van der Waals surface area (Å²) in [6.45, 7) is 0. The Morgan fingerprint density at radius 1 is 0.970 bits per heavy atom. The van der Waals surface area contributed by atoms with Gasteiger partial charge in [0, 0.05) is 30.0 Å². The molecule has 9 nitrogen and oxygen atoms in total. The second kappa shape index (κ2) is 10.2. The average molecular weight is 486 g/mol. The topological polar surface area (TPSA) is 136 Å². The van der Waals surface area contributed by atoms with Gasteiger partial charge in [-0.2, -0.15) is 0 Å². The molecule has 4 rings (SSSR count). The molecule has 2 heterocycles. The summed E-state index contributed by atoms with van der Waals surface area (Å²) in [5, 5.41) is 11.4. The number of nitrogens with one attached hydrogen (secondary N) is 2. The Bertz CT molecular complexity index is 1210. The normalized spacial score (nSPS) is 18.8. The zero-order chi connectivity index (χ0) is 23.3.